The van der Waals surface area contributed by atoms with Crippen LogP contribution >= 0.6 is 0 Å². The van der Waals surface area contributed by atoms with E-state index in [1.807, 2.05) is 0 Å². The molecule has 0 heterocycles. The average Bonchev–Trinajstić information content (AvgIpc) is 2.80. The minimum absolute atomic E-state index is 0.179. The van der Waals surface area contributed by atoms with Crippen molar-refractivity contribution in [1.29, 1.82) is 0 Å². The molecule has 0 unspecified atom stereocenters. The van der Waals surface area contributed by atoms with Crippen LogP contribution in [0.15, 0.2) is 109 Å². The van der Waals surface area contributed by atoms with Gasteiger partial charge in [0, 0.05) is 0 Å². The number of hydrogen-bond acceptors (Lipinski definition) is 0. The molecular weight excluding hydrogens is 360 g/mol. The molecule has 0 radical (unpaired) electrons. The summed E-state index contributed by atoms with van der Waals surface area (Å²) in [6, 6.07) is 36.4. The Kier molecular flexibility index (Phi) is 2.41. The second-order valence-corrected chi connectivity index (χ2v) is 8.88. The minimum Gasteiger partial charge on any atom is -0.0708 e. The monoisotopic (exact) mass is 378 g/mol. The summed E-state index contributed by atoms with van der Waals surface area (Å²) in [5, 5.41) is 0. The van der Waals surface area contributed by atoms with Gasteiger partial charge < -0.3 is 0 Å². The van der Waals surface area contributed by atoms with Crippen molar-refractivity contribution >= 4 is 11.1 Å². The number of allylic oxidation sites excluding steroid dienone is 2. The third kappa shape index (κ3) is 1.32. The molecule has 30 heavy (non-hydrogen) atoms. The van der Waals surface area contributed by atoms with Gasteiger partial charge in [-0.05, 0) is 55.7 Å². The summed E-state index contributed by atoms with van der Waals surface area (Å²) >= 11 is 0. The maximum absolute atomic E-state index is 2.48. The fraction of sp³-hybridized carbons (Fsp3) is 0.0667. The van der Waals surface area contributed by atoms with Crippen LogP contribution in [-0.2, 0) is 10.8 Å². The Morgan fingerprint density at radius 1 is 0.333 bits per heavy atom. The summed E-state index contributed by atoms with van der Waals surface area (Å²) in [6.07, 6.45) is 4.96. The van der Waals surface area contributed by atoms with E-state index in [1.54, 1.807) is 0 Å². The second-order valence-electron chi connectivity index (χ2n) is 8.88. The summed E-state index contributed by atoms with van der Waals surface area (Å²) in [7, 11) is 0. The van der Waals surface area contributed by atoms with Crippen LogP contribution in [0, 0.1) is 0 Å². The molecule has 0 amide bonds. The van der Waals surface area contributed by atoms with Crippen LogP contribution in [0.5, 0.6) is 0 Å². The highest BCUT2D eigenvalue weighted by Crippen LogP contribution is 2.70. The van der Waals surface area contributed by atoms with Crippen molar-refractivity contribution in [1.82, 2.24) is 0 Å². The summed E-state index contributed by atoms with van der Waals surface area (Å²) in [6.45, 7) is 0. The predicted octanol–water partition coefficient (Wildman–Crippen LogP) is 6.48. The standard InChI is InChI=1S/C30H18/c1-5-13-23-19(9-1)27-20-10-2-6-14-24(20)29(23)17-18-30(29)25-15-7-3-11-21(25)28(27)22-12-4-8-16-26(22)30/h1-18H. The first-order valence-electron chi connectivity index (χ1n) is 10.7. The summed E-state index contributed by atoms with van der Waals surface area (Å²) < 4.78 is 0. The maximum atomic E-state index is 2.48. The Balaban J connectivity index is 1.77. The summed E-state index contributed by atoms with van der Waals surface area (Å²) in [4.78, 5) is 0. The van der Waals surface area contributed by atoms with Crippen LogP contribution in [0.1, 0.15) is 44.5 Å². The topological polar surface area (TPSA) is 0 Å². The Morgan fingerprint density at radius 2 is 0.600 bits per heavy atom. The van der Waals surface area contributed by atoms with Crippen molar-refractivity contribution in [2.75, 3.05) is 0 Å². The van der Waals surface area contributed by atoms with Crippen LogP contribution < -0.4 is 0 Å². The molecule has 4 bridgehead atoms. The Labute approximate surface area is 175 Å². The van der Waals surface area contributed by atoms with Crippen LogP contribution in [0.3, 0.4) is 0 Å². The number of benzene rings is 4. The largest absolute Gasteiger partial charge is 0.0708 e. The summed E-state index contributed by atoms with van der Waals surface area (Å²) in [5.41, 5.74) is 13.8. The molecular formula is C30H18. The molecule has 0 aliphatic heterocycles. The molecule has 11 rings (SSSR count). The SMILES string of the molecule is C1=CC23c4ccccc4C(=C4c5ccccc5C12c1ccccc14)c1ccccc13. The zero-order chi connectivity index (χ0) is 19.5. The first kappa shape index (κ1) is 15.2. The van der Waals surface area contributed by atoms with Crippen molar-refractivity contribution < 1.29 is 0 Å². The van der Waals surface area contributed by atoms with E-state index in [-0.39, 0.29) is 10.8 Å². The molecule has 7 aliphatic carbocycles. The van der Waals surface area contributed by atoms with E-state index in [4.69, 9.17) is 0 Å². The lowest BCUT2D eigenvalue weighted by atomic mass is 9.39. The zero-order valence-electron chi connectivity index (χ0n) is 16.4. The van der Waals surface area contributed by atoms with Gasteiger partial charge in [0.15, 0.2) is 0 Å². The molecule has 4 aromatic carbocycles. The number of hydrogen-bond donors (Lipinski definition) is 0. The first-order valence-corrected chi connectivity index (χ1v) is 10.7. The molecule has 4 aromatic rings. The molecule has 0 aromatic heterocycles. The van der Waals surface area contributed by atoms with Gasteiger partial charge in [-0.1, -0.05) is 109 Å². The fourth-order valence-electron chi connectivity index (χ4n) is 6.92. The molecule has 0 saturated carbocycles. The van der Waals surface area contributed by atoms with Gasteiger partial charge in [0.25, 0.3) is 0 Å². The van der Waals surface area contributed by atoms with Gasteiger partial charge in [-0.25, -0.2) is 0 Å². The Morgan fingerprint density at radius 3 is 0.867 bits per heavy atom. The fourth-order valence-corrected chi connectivity index (χ4v) is 6.92. The normalized spacial score (nSPS) is 25.3. The van der Waals surface area contributed by atoms with E-state index < -0.39 is 0 Å². The highest BCUT2D eigenvalue weighted by Gasteiger charge is 2.64. The smallest absolute Gasteiger partial charge is 0.0567 e. The Bertz CT molecular complexity index is 1280. The first-order chi connectivity index (χ1) is 14.9. The van der Waals surface area contributed by atoms with Crippen molar-refractivity contribution in [3.8, 4) is 0 Å². The lowest BCUT2D eigenvalue weighted by Crippen LogP contribution is -2.58. The molecule has 0 fully saturated rings. The van der Waals surface area contributed by atoms with E-state index in [1.165, 1.54) is 55.7 Å². The molecule has 7 aliphatic rings. The van der Waals surface area contributed by atoms with E-state index in [0.717, 1.165) is 0 Å². The molecule has 2 spiro atoms. The van der Waals surface area contributed by atoms with E-state index in [9.17, 15) is 0 Å². The van der Waals surface area contributed by atoms with E-state index >= 15 is 0 Å². The zero-order valence-corrected chi connectivity index (χ0v) is 16.4. The van der Waals surface area contributed by atoms with Crippen LogP contribution in [0.4, 0.5) is 0 Å². The number of rotatable bonds is 0. The minimum atomic E-state index is -0.179. The second kappa shape index (κ2) is 4.74. The lowest BCUT2D eigenvalue weighted by molar-refractivity contribution is 0.388. The highest BCUT2D eigenvalue weighted by molar-refractivity contribution is 6.12. The van der Waals surface area contributed by atoms with Gasteiger partial charge >= 0.3 is 0 Å². The van der Waals surface area contributed by atoms with Crippen molar-refractivity contribution in [2.45, 2.75) is 10.8 Å². The van der Waals surface area contributed by atoms with Gasteiger partial charge in [-0.2, -0.15) is 0 Å². The van der Waals surface area contributed by atoms with Crippen molar-refractivity contribution in [3.05, 3.63) is 154 Å². The third-order valence-electron chi connectivity index (χ3n) is 7.94. The molecule has 138 valence electrons. The third-order valence-corrected chi connectivity index (χ3v) is 7.94. The quantitative estimate of drug-likeness (QED) is 0.307. The molecule has 0 nitrogen and oxygen atoms in total. The van der Waals surface area contributed by atoms with Crippen LogP contribution in [0.2, 0.25) is 0 Å². The van der Waals surface area contributed by atoms with Crippen molar-refractivity contribution in [3.63, 3.8) is 0 Å². The van der Waals surface area contributed by atoms with Gasteiger partial charge in [0.05, 0.1) is 10.8 Å². The van der Waals surface area contributed by atoms with Crippen LogP contribution in [0.25, 0.3) is 11.1 Å². The molecule has 0 heteroatoms. The van der Waals surface area contributed by atoms with Crippen LogP contribution in [-0.4, -0.2) is 0 Å². The van der Waals surface area contributed by atoms with Crippen molar-refractivity contribution in [2.24, 2.45) is 0 Å². The van der Waals surface area contributed by atoms with Gasteiger partial charge in [-0.15, -0.1) is 0 Å². The molecule has 0 N–H and O–H groups in total. The molecule has 0 saturated heterocycles. The van der Waals surface area contributed by atoms with Gasteiger partial charge in [0.1, 0.15) is 0 Å². The predicted molar refractivity (Wildman–Crippen MR) is 121 cm³/mol. The highest BCUT2D eigenvalue weighted by atomic mass is 14.7. The average molecular weight is 378 g/mol. The lowest BCUT2D eigenvalue weighted by Gasteiger charge is -2.62. The van der Waals surface area contributed by atoms with E-state index in [0.29, 0.717) is 0 Å². The Hall–Kier alpha value is -3.64. The summed E-state index contributed by atoms with van der Waals surface area (Å²) in [5.74, 6) is 0. The molecule has 0 atom stereocenters. The maximum Gasteiger partial charge on any atom is 0.0567 e. The van der Waals surface area contributed by atoms with Gasteiger partial charge in [-0.3, -0.25) is 0 Å². The van der Waals surface area contributed by atoms with E-state index in [2.05, 4.69) is 109 Å². The van der Waals surface area contributed by atoms with Gasteiger partial charge in [0.2, 0.25) is 0 Å².